The number of alkyl halides is 2. The van der Waals surface area contributed by atoms with E-state index >= 15 is 0 Å². The Morgan fingerprint density at radius 2 is 1.97 bits per heavy atom. The van der Waals surface area contributed by atoms with Crippen LogP contribution in [0.15, 0.2) is 18.2 Å². The van der Waals surface area contributed by atoms with Gasteiger partial charge in [-0.05, 0) is 37.2 Å². The van der Waals surface area contributed by atoms with Crippen molar-refractivity contribution in [3.8, 4) is 5.75 Å². The third-order valence-electron chi connectivity index (χ3n) is 4.54. The van der Waals surface area contributed by atoms with Crippen LogP contribution in [0.1, 0.15) is 38.8 Å². The molecule has 0 bridgehead atoms. The molecule has 1 aliphatic heterocycles. The van der Waals surface area contributed by atoms with Gasteiger partial charge in [0.1, 0.15) is 6.29 Å². The van der Waals surface area contributed by atoms with Crippen LogP contribution in [-0.2, 0) is 9.59 Å². The summed E-state index contributed by atoms with van der Waals surface area (Å²) in [6, 6.07) is 2.20. The number of benzene rings is 1. The summed E-state index contributed by atoms with van der Waals surface area (Å²) in [5, 5.41) is 8.61. The molecule has 162 valence electrons. The van der Waals surface area contributed by atoms with Crippen LogP contribution in [0.2, 0.25) is 0 Å². The number of halogens is 3. The largest absolute Gasteiger partial charge is 0.432 e. The van der Waals surface area contributed by atoms with E-state index in [1.54, 1.807) is 19.0 Å². The van der Waals surface area contributed by atoms with Gasteiger partial charge < -0.3 is 15.4 Å². The van der Waals surface area contributed by atoms with Crippen molar-refractivity contribution in [2.45, 2.75) is 52.2 Å². The third kappa shape index (κ3) is 6.07. The molecule has 2 unspecified atom stereocenters. The lowest BCUT2D eigenvalue weighted by atomic mass is 9.82. The average molecular weight is 416 g/mol. The zero-order valence-electron chi connectivity index (χ0n) is 17.1. The Morgan fingerprint density at radius 1 is 1.31 bits per heavy atom. The lowest BCUT2D eigenvalue weighted by Gasteiger charge is -2.37. The summed E-state index contributed by atoms with van der Waals surface area (Å²) in [4.78, 5) is 26.5. The minimum atomic E-state index is -3.14. The Labute approximate surface area is 168 Å². The van der Waals surface area contributed by atoms with Crippen LogP contribution in [0.5, 0.6) is 5.75 Å². The van der Waals surface area contributed by atoms with E-state index in [1.807, 2.05) is 20.8 Å². The molecule has 0 spiro atoms. The Balaban J connectivity index is 2.22. The van der Waals surface area contributed by atoms with Gasteiger partial charge in [0.15, 0.2) is 11.6 Å². The number of ether oxygens (including phenoxy) is 1. The van der Waals surface area contributed by atoms with Gasteiger partial charge in [0.25, 0.3) is 0 Å². The summed E-state index contributed by atoms with van der Waals surface area (Å²) in [7, 11) is 3.50. The van der Waals surface area contributed by atoms with Crippen molar-refractivity contribution in [1.82, 2.24) is 20.9 Å². The van der Waals surface area contributed by atoms with Crippen LogP contribution >= 0.6 is 0 Å². The second-order valence-corrected chi connectivity index (χ2v) is 8.23. The van der Waals surface area contributed by atoms with Gasteiger partial charge in [0, 0.05) is 0 Å². The first-order valence-electron chi connectivity index (χ1n) is 9.15. The molecule has 1 aliphatic rings. The molecular formula is C19H27F3N4O3. The average Bonchev–Trinajstić information content (AvgIpc) is 2.59. The van der Waals surface area contributed by atoms with E-state index in [0.29, 0.717) is 5.56 Å². The molecule has 1 heterocycles. The van der Waals surface area contributed by atoms with E-state index in [0.717, 1.165) is 12.1 Å². The Kier molecular flexibility index (Phi) is 7.12. The Hall–Kier alpha value is -2.33. The minimum Gasteiger partial charge on any atom is -0.432 e. The third-order valence-corrected chi connectivity index (χ3v) is 4.54. The summed E-state index contributed by atoms with van der Waals surface area (Å²) < 4.78 is 43.0. The van der Waals surface area contributed by atoms with Gasteiger partial charge in [-0.1, -0.05) is 26.8 Å². The highest BCUT2D eigenvalue weighted by molar-refractivity contribution is 5.89. The summed E-state index contributed by atoms with van der Waals surface area (Å²) in [6.07, 6.45) is -0.536. The molecule has 0 radical (unpaired) electrons. The fourth-order valence-corrected chi connectivity index (χ4v) is 3.07. The van der Waals surface area contributed by atoms with Crippen molar-refractivity contribution in [2.75, 3.05) is 14.1 Å². The lowest BCUT2D eigenvalue weighted by Crippen LogP contribution is -2.65. The van der Waals surface area contributed by atoms with E-state index in [-0.39, 0.29) is 12.3 Å². The first kappa shape index (κ1) is 23.0. The molecule has 1 saturated heterocycles. The number of carbonyl (C=O) groups is 2. The highest BCUT2D eigenvalue weighted by atomic mass is 19.3. The molecule has 1 aromatic rings. The molecule has 1 fully saturated rings. The molecule has 2 rings (SSSR count). The van der Waals surface area contributed by atoms with Gasteiger partial charge in [-0.25, -0.2) is 4.39 Å². The molecule has 10 heteroatoms. The predicted octanol–water partition coefficient (Wildman–Crippen LogP) is 1.95. The fourth-order valence-electron chi connectivity index (χ4n) is 3.07. The number of rotatable bonds is 6. The van der Waals surface area contributed by atoms with Crippen molar-refractivity contribution in [3.63, 3.8) is 0 Å². The van der Waals surface area contributed by atoms with Gasteiger partial charge in [0.2, 0.25) is 11.8 Å². The van der Waals surface area contributed by atoms with Crippen molar-refractivity contribution >= 4 is 11.8 Å². The van der Waals surface area contributed by atoms with Crippen molar-refractivity contribution < 1.29 is 27.5 Å². The molecule has 1 aromatic carbocycles. The minimum absolute atomic E-state index is 0.0391. The second-order valence-electron chi connectivity index (χ2n) is 8.23. The van der Waals surface area contributed by atoms with Gasteiger partial charge >= 0.3 is 6.61 Å². The van der Waals surface area contributed by atoms with Crippen LogP contribution in [0.25, 0.3) is 0 Å². The van der Waals surface area contributed by atoms with Crippen LogP contribution in [0.3, 0.4) is 0 Å². The molecule has 3 atom stereocenters. The number of hydrogen-bond acceptors (Lipinski definition) is 5. The van der Waals surface area contributed by atoms with Crippen LogP contribution in [0, 0.1) is 11.2 Å². The van der Waals surface area contributed by atoms with Crippen molar-refractivity contribution in [3.05, 3.63) is 29.6 Å². The zero-order valence-corrected chi connectivity index (χ0v) is 17.1. The first-order valence-corrected chi connectivity index (χ1v) is 9.15. The van der Waals surface area contributed by atoms with Crippen LogP contribution in [0.4, 0.5) is 13.2 Å². The molecule has 0 aliphatic carbocycles. The second kappa shape index (κ2) is 9.00. The lowest BCUT2D eigenvalue weighted by molar-refractivity contribution is -0.134. The first-order chi connectivity index (χ1) is 13.4. The van der Waals surface area contributed by atoms with E-state index in [2.05, 4.69) is 20.7 Å². The number of nitrogens with zero attached hydrogens (tertiary/aromatic N) is 1. The smallest absolute Gasteiger partial charge is 0.387 e. The summed E-state index contributed by atoms with van der Waals surface area (Å²) in [5.41, 5.74) is -0.125. The van der Waals surface area contributed by atoms with Crippen molar-refractivity contribution in [1.29, 1.82) is 0 Å². The van der Waals surface area contributed by atoms with Gasteiger partial charge in [-0.3, -0.25) is 19.8 Å². The normalized spacial score (nSPS) is 21.1. The van der Waals surface area contributed by atoms with E-state index in [9.17, 15) is 22.8 Å². The maximum Gasteiger partial charge on any atom is 0.387 e. The van der Waals surface area contributed by atoms with Gasteiger partial charge in [-0.2, -0.15) is 8.78 Å². The van der Waals surface area contributed by atoms with Crippen LogP contribution < -0.4 is 20.7 Å². The van der Waals surface area contributed by atoms with Crippen LogP contribution in [-0.4, -0.2) is 49.8 Å². The standard InChI is InChI=1S/C19H27F3N4O3/c1-19(2,3)15(10-6-7-13(11(20)8-10)29-17(21)22)25-16(28)12-9-14(27)24-18(23-12)26(4)5/h6-8,12,15,17-18,23H,9H2,1-5H3,(H,24,27)(H,25,28)/t12?,15-,18?/m0/s1. The quantitative estimate of drug-likeness (QED) is 0.661. The highest BCUT2D eigenvalue weighted by Gasteiger charge is 2.35. The number of hydrogen-bond donors (Lipinski definition) is 3. The number of nitrogens with one attached hydrogen (secondary N) is 3. The fraction of sp³-hybridized carbons (Fsp3) is 0.579. The summed E-state index contributed by atoms with van der Waals surface area (Å²) >= 11 is 0. The number of carbonyl (C=O) groups excluding carboxylic acids is 2. The SMILES string of the molecule is CN(C)C1NC(=O)CC(C(=O)N[C@@H](c2ccc(OC(F)F)c(F)c2)C(C)(C)C)N1. The van der Waals surface area contributed by atoms with Gasteiger partial charge in [-0.15, -0.1) is 0 Å². The van der Waals surface area contributed by atoms with E-state index in [1.165, 1.54) is 6.07 Å². The van der Waals surface area contributed by atoms with Gasteiger partial charge in [0.05, 0.1) is 18.5 Å². The highest BCUT2D eigenvalue weighted by Crippen LogP contribution is 2.35. The predicted molar refractivity (Wildman–Crippen MR) is 101 cm³/mol. The number of amides is 2. The monoisotopic (exact) mass is 416 g/mol. The molecule has 2 amide bonds. The van der Waals surface area contributed by atoms with E-state index < -0.39 is 47.9 Å². The molecule has 7 nitrogen and oxygen atoms in total. The van der Waals surface area contributed by atoms with E-state index in [4.69, 9.17) is 0 Å². The topological polar surface area (TPSA) is 82.7 Å². The molecule has 29 heavy (non-hydrogen) atoms. The zero-order chi connectivity index (χ0) is 21.9. The molecule has 3 N–H and O–H groups in total. The summed E-state index contributed by atoms with van der Waals surface area (Å²) in [5.74, 6) is -2.20. The summed E-state index contributed by atoms with van der Waals surface area (Å²) in [6.45, 7) is 2.41. The van der Waals surface area contributed by atoms with Crippen molar-refractivity contribution in [2.24, 2.45) is 5.41 Å². The Morgan fingerprint density at radius 3 is 2.48 bits per heavy atom. The maximum atomic E-state index is 14.2. The molecule has 0 aromatic heterocycles. The molecular weight excluding hydrogens is 389 g/mol. The maximum absolute atomic E-state index is 14.2. The Bertz CT molecular complexity index is 753. The molecule has 0 saturated carbocycles.